The molecular formula is C18H16N4O2. The van der Waals surface area contributed by atoms with Crippen molar-refractivity contribution in [3.63, 3.8) is 0 Å². The molecule has 0 fully saturated rings. The minimum absolute atomic E-state index is 0.108. The van der Waals surface area contributed by atoms with E-state index in [1.807, 2.05) is 24.4 Å². The van der Waals surface area contributed by atoms with E-state index in [9.17, 15) is 9.90 Å². The predicted octanol–water partition coefficient (Wildman–Crippen LogP) is 2.40. The number of carbonyl (C=O) groups is 1. The van der Waals surface area contributed by atoms with Crippen LogP contribution in [-0.2, 0) is 6.54 Å². The van der Waals surface area contributed by atoms with Crippen LogP contribution in [-0.4, -0.2) is 27.0 Å². The summed E-state index contributed by atoms with van der Waals surface area (Å²) in [5.41, 5.74) is 4.47. The second-order valence-electron chi connectivity index (χ2n) is 5.16. The fourth-order valence-electron chi connectivity index (χ4n) is 2.21. The smallest absolute Gasteiger partial charge is 0.271 e. The van der Waals surface area contributed by atoms with Crippen molar-refractivity contribution in [3.8, 4) is 5.75 Å². The number of nitrogens with zero attached hydrogens (tertiary/aromatic N) is 3. The predicted molar refractivity (Wildman–Crippen MR) is 90.9 cm³/mol. The van der Waals surface area contributed by atoms with Gasteiger partial charge in [0.1, 0.15) is 5.75 Å². The second kappa shape index (κ2) is 7.23. The van der Waals surface area contributed by atoms with Crippen LogP contribution in [0.3, 0.4) is 0 Å². The maximum atomic E-state index is 12.2. The Hall–Kier alpha value is -3.41. The van der Waals surface area contributed by atoms with Crippen molar-refractivity contribution < 1.29 is 9.90 Å². The zero-order valence-electron chi connectivity index (χ0n) is 12.8. The molecule has 2 aromatic carbocycles. The van der Waals surface area contributed by atoms with Crippen LogP contribution < -0.4 is 5.43 Å². The van der Waals surface area contributed by atoms with Crippen molar-refractivity contribution in [3.05, 3.63) is 83.7 Å². The molecule has 1 amide bonds. The van der Waals surface area contributed by atoms with Gasteiger partial charge in [-0.1, -0.05) is 24.3 Å². The van der Waals surface area contributed by atoms with E-state index < -0.39 is 0 Å². The largest absolute Gasteiger partial charge is 0.507 e. The third kappa shape index (κ3) is 3.86. The van der Waals surface area contributed by atoms with Crippen LogP contribution in [0.1, 0.15) is 21.5 Å². The summed E-state index contributed by atoms with van der Waals surface area (Å²) in [6.45, 7) is 0.593. The van der Waals surface area contributed by atoms with Crippen LogP contribution in [0.2, 0.25) is 0 Å². The summed E-state index contributed by atoms with van der Waals surface area (Å²) < 4.78 is 1.79. The normalized spacial score (nSPS) is 10.8. The zero-order chi connectivity index (χ0) is 16.8. The number of benzene rings is 2. The van der Waals surface area contributed by atoms with E-state index in [4.69, 9.17) is 0 Å². The average Bonchev–Trinajstić information content (AvgIpc) is 3.10. The number of aromatic nitrogens is 2. The molecule has 24 heavy (non-hydrogen) atoms. The molecule has 1 heterocycles. The fraction of sp³-hybridized carbons (Fsp3) is 0.0556. The molecule has 120 valence electrons. The van der Waals surface area contributed by atoms with Gasteiger partial charge in [0, 0.05) is 23.5 Å². The molecule has 0 aliphatic heterocycles. The number of amides is 1. The molecule has 0 atom stereocenters. The van der Waals surface area contributed by atoms with Gasteiger partial charge in [-0.2, -0.15) is 10.2 Å². The minimum atomic E-state index is -0.316. The van der Waals surface area contributed by atoms with Gasteiger partial charge < -0.3 is 5.11 Å². The number of aromatic hydroxyl groups is 1. The van der Waals surface area contributed by atoms with Gasteiger partial charge in [-0.3, -0.25) is 9.48 Å². The van der Waals surface area contributed by atoms with Crippen molar-refractivity contribution in [2.45, 2.75) is 6.54 Å². The van der Waals surface area contributed by atoms with Crippen molar-refractivity contribution in [1.82, 2.24) is 15.2 Å². The highest BCUT2D eigenvalue weighted by Crippen LogP contribution is 2.12. The van der Waals surface area contributed by atoms with Crippen LogP contribution in [0.5, 0.6) is 5.75 Å². The molecule has 3 aromatic rings. The summed E-state index contributed by atoms with van der Waals surface area (Å²) in [6, 6.07) is 15.9. The molecule has 0 bridgehead atoms. The Morgan fingerprint density at radius 2 is 2.08 bits per heavy atom. The number of hydrazone groups is 1. The van der Waals surface area contributed by atoms with Crippen molar-refractivity contribution >= 4 is 12.1 Å². The van der Waals surface area contributed by atoms with Crippen molar-refractivity contribution in [2.24, 2.45) is 5.10 Å². The first-order chi connectivity index (χ1) is 11.7. The van der Waals surface area contributed by atoms with Gasteiger partial charge in [-0.05, 0) is 35.9 Å². The molecular weight excluding hydrogens is 304 g/mol. The van der Waals surface area contributed by atoms with Crippen LogP contribution in [0.15, 0.2) is 72.1 Å². The van der Waals surface area contributed by atoms with Gasteiger partial charge in [0.25, 0.3) is 5.91 Å². The van der Waals surface area contributed by atoms with Gasteiger partial charge >= 0.3 is 0 Å². The molecule has 0 aliphatic rings. The lowest BCUT2D eigenvalue weighted by Crippen LogP contribution is -2.18. The first kappa shape index (κ1) is 15.5. The van der Waals surface area contributed by atoms with Crippen molar-refractivity contribution in [2.75, 3.05) is 0 Å². The van der Waals surface area contributed by atoms with E-state index in [1.165, 1.54) is 6.21 Å². The lowest BCUT2D eigenvalue weighted by Gasteiger charge is -2.05. The minimum Gasteiger partial charge on any atom is -0.507 e. The molecule has 6 nitrogen and oxygen atoms in total. The monoisotopic (exact) mass is 320 g/mol. The Balaban J connectivity index is 1.66. The van der Waals surface area contributed by atoms with Crippen LogP contribution in [0, 0.1) is 0 Å². The highest BCUT2D eigenvalue weighted by molar-refractivity contribution is 5.95. The van der Waals surface area contributed by atoms with Crippen LogP contribution in [0.4, 0.5) is 0 Å². The standard InChI is InChI=1S/C18H16N4O2/c23-17-8-2-1-6-16(17)12-19-21-18(24)15-7-3-5-14(11-15)13-22-10-4-9-20-22/h1-12,23H,13H2,(H,21,24). The lowest BCUT2D eigenvalue weighted by molar-refractivity contribution is 0.0955. The van der Waals surface area contributed by atoms with E-state index >= 15 is 0 Å². The molecule has 0 spiro atoms. The molecule has 0 radical (unpaired) electrons. The maximum Gasteiger partial charge on any atom is 0.271 e. The number of phenols is 1. The molecule has 3 rings (SSSR count). The number of hydrogen-bond donors (Lipinski definition) is 2. The summed E-state index contributed by atoms with van der Waals surface area (Å²) in [5, 5.41) is 17.7. The van der Waals surface area contributed by atoms with Gasteiger partial charge in [0.2, 0.25) is 0 Å². The van der Waals surface area contributed by atoms with E-state index in [-0.39, 0.29) is 11.7 Å². The maximum absolute atomic E-state index is 12.2. The number of para-hydroxylation sites is 1. The second-order valence-corrected chi connectivity index (χ2v) is 5.16. The molecule has 2 N–H and O–H groups in total. The number of phenolic OH excluding ortho intramolecular Hbond substituents is 1. The summed E-state index contributed by atoms with van der Waals surface area (Å²) in [5.74, 6) is -0.208. The van der Waals surface area contributed by atoms with Gasteiger partial charge in [-0.15, -0.1) is 0 Å². The number of nitrogens with one attached hydrogen (secondary N) is 1. The van der Waals surface area contributed by atoms with Gasteiger partial charge in [-0.25, -0.2) is 5.43 Å². The van der Waals surface area contributed by atoms with E-state index in [0.717, 1.165) is 5.56 Å². The van der Waals surface area contributed by atoms with E-state index in [2.05, 4.69) is 15.6 Å². The first-order valence-electron chi connectivity index (χ1n) is 7.40. The Morgan fingerprint density at radius 3 is 2.88 bits per heavy atom. The number of hydrogen-bond acceptors (Lipinski definition) is 4. The van der Waals surface area contributed by atoms with Crippen molar-refractivity contribution in [1.29, 1.82) is 0 Å². The molecule has 1 aromatic heterocycles. The van der Waals surface area contributed by atoms with Gasteiger partial charge in [0.15, 0.2) is 0 Å². The Bertz CT molecular complexity index is 857. The highest BCUT2D eigenvalue weighted by Gasteiger charge is 2.05. The molecule has 6 heteroatoms. The third-order valence-electron chi connectivity index (χ3n) is 3.40. The summed E-state index contributed by atoms with van der Waals surface area (Å²) in [6.07, 6.45) is 4.98. The highest BCUT2D eigenvalue weighted by atomic mass is 16.3. The topological polar surface area (TPSA) is 79.5 Å². The first-order valence-corrected chi connectivity index (χ1v) is 7.40. The van der Waals surface area contributed by atoms with Crippen LogP contribution >= 0.6 is 0 Å². The lowest BCUT2D eigenvalue weighted by atomic mass is 10.1. The molecule has 0 saturated heterocycles. The van der Waals surface area contributed by atoms with E-state index in [1.54, 1.807) is 47.3 Å². The summed E-state index contributed by atoms with van der Waals surface area (Å²) in [7, 11) is 0. The summed E-state index contributed by atoms with van der Waals surface area (Å²) in [4.78, 5) is 12.2. The fourth-order valence-corrected chi connectivity index (χ4v) is 2.21. The molecule has 0 unspecified atom stereocenters. The van der Waals surface area contributed by atoms with Crippen LogP contribution in [0.25, 0.3) is 0 Å². The van der Waals surface area contributed by atoms with Gasteiger partial charge in [0.05, 0.1) is 12.8 Å². The Labute approximate surface area is 139 Å². The van der Waals surface area contributed by atoms with E-state index in [0.29, 0.717) is 17.7 Å². The molecule has 0 aliphatic carbocycles. The Kier molecular flexibility index (Phi) is 4.67. The summed E-state index contributed by atoms with van der Waals surface area (Å²) >= 11 is 0. The molecule has 0 saturated carbocycles. The average molecular weight is 320 g/mol. The zero-order valence-corrected chi connectivity index (χ0v) is 12.8. The quantitative estimate of drug-likeness (QED) is 0.559. The number of rotatable bonds is 5. The number of carbonyl (C=O) groups excluding carboxylic acids is 1. The Morgan fingerprint density at radius 1 is 1.21 bits per heavy atom. The third-order valence-corrected chi connectivity index (χ3v) is 3.40. The SMILES string of the molecule is O=C(NN=Cc1ccccc1O)c1cccc(Cn2cccn2)c1.